The highest BCUT2D eigenvalue weighted by molar-refractivity contribution is 4.87. The molecule has 0 aromatic heterocycles. The minimum absolute atomic E-state index is 0.741. The number of piperidine rings is 1. The first-order chi connectivity index (χ1) is 7.60. The van der Waals surface area contributed by atoms with E-state index in [-0.39, 0.29) is 0 Å². The van der Waals surface area contributed by atoms with Crippen molar-refractivity contribution in [1.29, 1.82) is 0 Å². The number of nitrogens with one attached hydrogen (secondary N) is 1. The van der Waals surface area contributed by atoms with Crippen molar-refractivity contribution < 1.29 is 0 Å². The van der Waals surface area contributed by atoms with Gasteiger partial charge in [-0.05, 0) is 38.6 Å². The first-order valence-electron chi connectivity index (χ1n) is 7.09. The van der Waals surface area contributed by atoms with Crippen molar-refractivity contribution in [3.63, 3.8) is 0 Å². The van der Waals surface area contributed by atoms with Crippen LogP contribution in [0.25, 0.3) is 0 Å². The molecular weight excluding hydrogens is 196 g/mol. The number of likely N-dealkylation sites (tertiary alicyclic amines) is 1. The van der Waals surface area contributed by atoms with Crippen molar-refractivity contribution in [3.8, 4) is 0 Å². The summed E-state index contributed by atoms with van der Waals surface area (Å²) in [5, 5.41) is 3.59. The summed E-state index contributed by atoms with van der Waals surface area (Å²) in [6.07, 6.45) is 3.92. The monoisotopic (exact) mass is 226 g/mol. The van der Waals surface area contributed by atoms with E-state index in [4.69, 9.17) is 0 Å². The lowest BCUT2D eigenvalue weighted by Crippen LogP contribution is -2.52. The average Bonchev–Trinajstić information content (AvgIpc) is 2.22. The van der Waals surface area contributed by atoms with Gasteiger partial charge in [-0.1, -0.05) is 27.7 Å². The molecule has 96 valence electrons. The Labute approximate surface area is 102 Å². The van der Waals surface area contributed by atoms with Gasteiger partial charge >= 0.3 is 0 Å². The second kappa shape index (κ2) is 6.61. The van der Waals surface area contributed by atoms with Crippen LogP contribution in [0.1, 0.15) is 53.9 Å². The van der Waals surface area contributed by atoms with Crippen molar-refractivity contribution in [2.24, 2.45) is 5.92 Å². The van der Waals surface area contributed by atoms with Crippen molar-refractivity contribution in [2.45, 2.75) is 72.0 Å². The third kappa shape index (κ3) is 3.46. The van der Waals surface area contributed by atoms with E-state index in [1.165, 1.54) is 25.8 Å². The second-order valence-corrected chi connectivity index (χ2v) is 5.59. The molecule has 1 N–H and O–H groups in total. The summed E-state index contributed by atoms with van der Waals surface area (Å²) in [6.45, 7) is 14.0. The predicted molar refractivity (Wildman–Crippen MR) is 71.8 cm³/mol. The van der Waals surface area contributed by atoms with Gasteiger partial charge in [-0.2, -0.15) is 0 Å². The SMILES string of the molecule is CCNC1CCN(C(CC)C(C)C)C(C)C1. The quantitative estimate of drug-likeness (QED) is 0.775. The molecule has 0 saturated carbocycles. The van der Waals surface area contributed by atoms with E-state index in [2.05, 4.69) is 44.8 Å². The lowest BCUT2D eigenvalue weighted by molar-refractivity contribution is 0.0625. The Morgan fingerprint density at radius 1 is 1.31 bits per heavy atom. The highest BCUT2D eigenvalue weighted by Gasteiger charge is 2.30. The Kier molecular flexibility index (Phi) is 5.77. The van der Waals surface area contributed by atoms with E-state index in [1.54, 1.807) is 0 Å². The summed E-state index contributed by atoms with van der Waals surface area (Å²) < 4.78 is 0. The standard InChI is InChI=1S/C14H30N2/c1-6-14(11(3)4)16-9-8-13(15-7-2)10-12(16)5/h11-15H,6-10H2,1-5H3. The molecule has 0 spiro atoms. The molecule has 16 heavy (non-hydrogen) atoms. The molecule has 2 nitrogen and oxygen atoms in total. The first kappa shape index (κ1) is 14.0. The van der Waals surface area contributed by atoms with Gasteiger partial charge in [-0.3, -0.25) is 4.90 Å². The van der Waals surface area contributed by atoms with Crippen LogP contribution in [0.3, 0.4) is 0 Å². The first-order valence-corrected chi connectivity index (χ1v) is 7.09. The van der Waals surface area contributed by atoms with Crippen LogP contribution in [-0.2, 0) is 0 Å². The molecule has 1 aliphatic rings. The van der Waals surface area contributed by atoms with Gasteiger partial charge in [0.2, 0.25) is 0 Å². The number of hydrogen-bond donors (Lipinski definition) is 1. The van der Waals surface area contributed by atoms with Gasteiger partial charge < -0.3 is 5.32 Å². The highest BCUT2D eigenvalue weighted by Crippen LogP contribution is 2.24. The molecule has 0 aromatic carbocycles. The molecule has 3 atom stereocenters. The Balaban J connectivity index is 2.51. The fraction of sp³-hybridized carbons (Fsp3) is 1.00. The largest absolute Gasteiger partial charge is 0.314 e. The molecule has 1 heterocycles. The fourth-order valence-corrected chi connectivity index (χ4v) is 3.25. The van der Waals surface area contributed by atoms with Gasteiger partial charge in [0.15, 0.2) is 0 Å². The third-order valence-corrected chi connectivity index (χ3v) is 4.03. The summed E-state index contributed by atoms with van der Waals surface area (Å²) in [5.74, 6) is 0.781. The van der Waals surface area contributed by atoms with Crippen LogP contribution < -0.4 is 5.32 Å². The average molecular weight is 226 g/mol. The minimum atomic E-state index is 0.741. The van der Waals surface area contributed by atoms with Gasteiger partial charge in [0.05, 0.1) is 0 Å². The van der Waals surface area contributed by atoms with Crippen molar-refractivity contribution >= 4 is 0 Å². The maximum absolute atomic E-state index is 3.59. The molecular formula is C14H30N2. The topological polar surface area (TPSA) is 15.3 Å². The number of nitrogens with zero attached hydrogens (tertiary/aromatic N) is 1. The minimum Gasteiger partial charge on any atom is -0.314 e. The van der Waals surface area contributed by atoms with E-state index in [0.29, 0.717) is 0 Å². The van der Waals surface area contributed by atoms with Crippen LogP contribution in [0, 0.1) is 5.92 Å². The summed E-state index contributed by atoms with van der Waals surface area (Å²) >= 11 is 0. The van der Waals surface area contributed by atoms with E-state index < -0.39 is 0 Å². The summed E-state index contributed by atoms with van der Waals surface area (Å²) in [4.78, 5) is 2.73. The number of hydrogen-bond acceptors (Lipinski definition) is 2. The molecule has 1 rings (SSSR count). The van der Waals surface area contributed by atoms with E-state index in [0.717, 1.165) is 30.6 Å². The predicted octanol–water partition coefficient (Wildman–Crippen LogP) is 2.88. The Morgan fingerprint density at radius 3 is 2.44 bits per heavy atom. The lowest BCUT2D eigenvalue weighted by atomic mass is 9.91. The lowest BCUT2D eigenvalue weighted by Gasteiger charge is -2.44. The van der Waals surface area contributed by atoms with Gasteiger partial charge in [0.1, 0.15) is 0 Å². The summed E-state index contributed by atoms with van der Waals surface area (Å²) in [5.41, 5.74) is 0. The van der Waals surface area contributed by atoms with Crippen molar-refractivity contribution in [2.75, 3.05) is 13.1 Å². The van der Waals surface area contributed by atoms with Gasteiger partial charge in [-0.15, -0.1) is 0 Å². The van der Waals surface area contributed by atoms with Gasteiger partial charge in [-0.25, -0.2) is 0 Å². The molecule has 3 unspecified atom stereocenters. The normalized spacial score (nSPS) is 29.6. The second-order valence-electron chi connectivity index (χ2n) is 5.59. The maximum atomic E-state index is 3.59. The van der Waals surface area contributed by atoms with Crippen molar-refractivity contribution in [3.05, 3.63) is 0 Å². The van der Waals surface area contributed by atoms with E-state index in [9.17, 15) is 0 Å². The molecule has 1 aliphatic heterocycles. The molecule has 1 saturated heterocycles. The molecule has 0 amide bonds. The molecule has 0 aliphatic carbocycles. The van der Waals surface area contributed by atoms with Crippen LogP contribution in [0.2, 0.25) is 0 Å². The third-order valence-electron chi connectivity index (χ3n) is 4.03. The zero-order valence-corrected chi connectivity index (χ0v) is 11.8. The van der Waals surface area contributed by atoms with Crippen molar-refractivity contribution in [1.82, 2.24) is 10.2 Å². The van der Waals surface area contributed by atoms with Crippen LogP contribution >= 0.6 is 0 Å². The summed E-state index contributed by atoms with van der Waals surface area (Å²) in [7, 11) is 0. The Hall–Kier alpha value is -0.0800. The van der Waals surface area contributed by atoms with Gasteiger partial charge in [0, 0.05) is 24.7 Å². The molecule has 1 fully saturated rings. The van der Waals surface area contributed by atoms with Gasteiger partial charge in [0.25, 0.3) is 0 Å². The van der Waals surface area contributed by atoms with Crippen LogP contribution in [-0.4, -0.2) is 36.1 Å². The zero-order valence-electron chi connectivity index (χ0n) is 11.8. The molecule has 2 heteroatoms. The zero-order chi connectivity index (χ0) is 12.1. The maximum Gasteiger partial charge on any atom is 0.0118 e. The fourth-order valence-electron chi connectivity index (χ4n) is 3.25. The van der Waals surface area contributed by atoms with E-state index >= 15 is 0 Å². The van der Waals surface area contributed by atoms with Crippen LogP contribution in [0.4, 0.5) is 0 Å². The summed E-state index contributed by atoms with van der Waals surface area (Å²) in [6, 6.07) is 2.27. The van der Waals surface area contributed by atoms with E-state index in [1.807, 2.05) is 0 Å². The highest BCUT2D eigenvalue weighted by atomic mass is 15.2. The Morgan fingerprint density at radius 2 is 2.00 bits per heavy atom. The molecule has 0 radical (unpaired) electrons. The Bertz CT molecular complexity index is 191. The number of rotatable bonds is 5. The molecule has 0 aromatic rings. The molecule has 0 bridgehead atoms. The smallest absolute Gasteiger partial charge is 0.0118 e. The van der Waals surface area contributed by atoms with Crippen LogP contribution in [0.5, 0.6) is 0 Å². The van der Waals surface area contributed by atoms with Crippen LogP contribution in [0.15, 0.2) is 0 Å².